The molecule has 1 atom stereocenters. The Morgan fingerprint density at radius 3 is 2.53 bits per heavy atom. The topological polar surface area (TPSA) is 63.9 Å². The maximum Gasteiger partial charge on any atom is 0.274 e. The van der Waals surface area contributed by atoms with Crippen LogP contribution in [-0.4, -0.2) is 51.9 Å². The number of allylic oxidation sites excluding steroid dienone is 1. The summed E-state index contributed by atoms with van der Waals surface area (Å²) in [6, 6.07) is 10.3. The largest absolute Gasteiger partial charge is 0.498 e. The summed E-state index contributed by atoms with van der Waals surface area (Å²) < 4.78 is 13.7. The first-order valence-corrected chi connectivity index (χ1v) is 11.0. The van der Waals surface area contributed by atoms with Crippen molar-refractivity contribution in [3.8, 4) is 11.1 Å². The molecule has 6 heteroatoms. The fourth-order valence-corrected chi connectivity index (χ4v) is 4.15. The SMILES string of the molecule is COC1=CC(N2CCn3cc(-c4ccc(C)cc4)cc3C2=O)=CCC1(C)OCC(C)(C)O. The zero-order valence-corrected chi connectivity index (χ0v) is 19.5. The number of hydrogen-bond acceptors (Lipinski definition) is 4. The molecule has 1 aromatic heterocycles. The van der Waals surface area contributed by atoms with E-state index in [1.807, 2.05) is 34.6 Å². The standard InChI is InChI=1S/C26H32N2O4/c1-18-6-8-19(9-7-18)20-14-22-24(29)28(13-12-27(22)16-20)21-10-11-26(4,23(15-21)31-5)32-17-25(2,3)30/h6-10,14-16,30H,11-13,17H2,1-5H3. The van der Waals surface area contributed by atoms with Crippen molar-refractivity contribution in [1.29, 1.82) is 0 Å². The first-order chi connectivity index (χ1) is 15.1. The first-order valence-electron chi connectivity index (χ1n) is 11.0. The maximum absolute atomic E-state index is 13.4. The summed E-state index contributed by atoms with van der Waals surface area (Å²) in [5, 5.41) is 10.0. The summed E-state index contributed by atoms with van der Waals surface area (Å²) >= 11 is 0. The van der Waals surface area contributed by atoms with Gasteiger partial charge in [-0.05, 0) is 39.3 Å². The van der Waals surface area contributed by atoms with E-state index in [0.29, 0.717) is 24.4 Å². The number of ether oxygens (including phenoxy) is 2. The fourth-order valence-electron chi connectivity index (χ4n) is 4.15. The van der Waals surface area contributed by atoms with Gasteiger partial charge in [-0.25, -0.2) is 0 Å². The number of amides is 1. The Morgan fingerprint density at radius 2 is 1.88 bits per heavy atom. The molecule has 0 bridgehead atoms. The average molecular weight is 437 g/mol. The van der Waals surface area contributed by atoms with Gasteiger partial charge in [-0.3, -0.25) is 4.79 Å². The highest BCUT2D eigenvalue weighted by molar-refractivity contribution is 5.96. The third-order valence-electron chi connectivity index (χ3n) is 6.09. The Morgan fingerprint density at radius 1 is 1.16 bits per heavy atom. The normalized spacial score (nSPS) is 21.2. The van der Waals surface area contributed by atoms with Crippen molar-refractivity contribution >= 4 is 5.91 Å². The minimum absolute atomic E-state index is 0.0198. The smallest absolute Gasteiger partial charge is 0.274 e. The van der Waals surface area contributed by atoms with Crippen LogP contribution in [0.15, 0.2) is 60.1 Å². The third-order valence-corrected chi connectivity index (χ3v) is 6.09. The zero-order chi connectivity index (χ0) is 23.1. The molecule has 2 aliphatic rings. The molecule has 4 rings (SSSR count). The number of carbonyl (C=O) groups excluding carboxylic acids is 1. The molecule has 1 amide bonds. The molecule has 1 aromatic carbocycles. The van der Waals surface area contributed by atoms with Crippen molar-refractivity contribution < 1.29 is 19.4 Å². The number of methoxy groups -OCH3 is 1. The molecule has 32 heavy (non-hydrogen) atoms. The molecular weight excluding hydrogens is 404 g/mol. The van der Waals surface area contributed by atoms with Gasteiger partial charge in [0.1, 0.15) is 17.1 Å². The Labute approximate surface area is 189 Å². The molecule has 1 N–H and O–H groups in total. The molecular formula is C26H32N2O4. The lowest BCUT2D eigenvalue weighted by Gasteiger charge is -2.37. The molecule has 0 saturated heterocycles. The van der Waals surface area contributed by atoms with E-state index in [4.69, 9.17) is 9.47 Å². The molecule has 1 aliphatic heterocycles. The number of fused-ring (bicyclic) bond motifs is 1. The van der Waals surface area contributed by atoms with Crippen molar-refractivity contribution in [3.63, 3.8) is 0 Å². The van der Waals surface area contributed by atoms with Gasteiger partial charge in [0.15, 0.2) is 0 Å². The third kappa shape index (κ3) is 4.38. The molecule has 1 aliphatic carbocycles. The van der Waals surface area contributed by atoms with Gasteiger partial charge in [-0.15, -0.1) is 0 Å². The van der Waals surface area contributed by atoms with E-state index in [2.05, 4.69) is 37.4 Å². The van der Waals surface area contributed by atoms with E-state index >= 15 is 0 Å². The molecule has 0 radical (unpaired) electrons. The van der Waals surface area contributed by atoms with Crippen LogP contribution in [0, 0.1) is 6.92 Å². The van der Waals surface area contributed by atoms with Crippen LogP contribution in [0.25, 0.3) is 11.1 Å². The highest BCUT2D eigenvalue weighted by Gasteiger charge is 2.37. The van der Waals surface area contributed by atoms with Crippen LogP contribution in [0.2, 0.25) is 0 Å². The highest BCUT2D eigenvalue weighted by Crippen LogP contribution is 2.35. The summed E-state index contributed by atoms with van der Waals surface area (Å²) in [6.07, 6.45) is 6.51. The summed E-state index contributed by atoms with van der Waals surface area (Å²) in [5.41, 5.74) is 3.25. The molecule has 0 fully saturated rings. The number of rotatable bonds is 6. The van der Waals surface area contributed by atoms with Crippen molar-refractivity contribution in [1.82, 2.24) is 9.47 Å². The van der Waals surface area contributed by atoms with Crippen LogP contribution in [0.3, 0.4) is 0 Å². The van der Waals surface area contributed by atoms with E-state index < -0.39 is 11.2 Å². The molecule has 0 saturated carbocycles. The van der Waals surface area contributed by atoms with E-state index in [0.717, 1.165) is 23.4 Å². The number of nitrogens with zero attached hydrogens (tertiary/aromatic N) is 2. The number of aliphatic hydroxyl groups is 1. The van der Waals surface area contributed by atoms with Crippen LogP contribution < -0.4 is 0 Å². The summed E-state index contributed by atoms with van der Waals surface area (Å²) in [5.74, 6) is 0.627. The van der Waals surface area contributed by atoms with Gasteiger partial charge in [-0.1, -0.05) is 35.9 Å². The molecule has 0 spiro atoms. The predicted molar refractivity (Wildman–Crippen MR) is 124 cm³/mol. The Kier molecular flexibility index (Phi) is 5.77. The van der Waals surface area contributed by atoms with Gasteiger partial charge in [0.25, 0.3) is 5.91 Å². The predicted octanol–water partition coefficient (Wildman–Crippen LogP) is 4.28. The molecule has 2 heterocycles. The molecule has 170 valence electrons. The van der Waals surface area contributed by atoms with Crippen molar-refractivity contribution in [3.05, 3.63) is 71.4 Å². The number of hydrogen-bond donors (Lipinski definition) is 1. The van der Waals surface area contributed by atoms with Crippen LogP contribution in [0.1, 0.15) is 43.2 Å². The average Bonchev–Trinajstić information content (AvgIpc) is 3.19. The lowest BCUT2D eigenvalue weighted by molar-refractivity contribution is -0.0989. The molecule has 1 unspecified atom stereocenters. The monoisotopic (exact) mass is 436 g/mol. The second kappa shape index (κ2) is 8.26. The van der Waals surface area contributed by atoms with Crippen LogP contribution in [0.5, 0.6) is 0 Å². The maximum atomic E-state index is 13.4. The first kappa shape index (κ1) is 22.4. The number of carbonyl (C=O) groups is 1. The minimum atomic E-state index is -0.935. The van der Waals surface area contributed by atoms with Gasteiger partial charge in [-0.2, -0.15) is 0 Å². The lowest BCUT2D eigenvalue weighted by atomic mass is 9.92. The van der Waals surface area contributed by atoms with E-state index in [1.54, 1.807) is 21.0 Å². The second-order valence-corrected chi connectivity index (χ2v) is 9.51. The number of aromatic nitrogens is 1. The zero-order valence-electron chi connectivity index (χ0n) is 19.5. The quantitative estimate of drug-likeness (QED) is 0.734. The Hall–Kier alpha value is -2.83. The minimum Gasteiger partial charge on any atom is -0.498 e. The van der Waals surface area contributed by atoms with Gasteiger partial charge in [0.2, 0.25) is 0 Å². The summed E-state index contributed by atoms with van der Waals surface area (Å²) in [4.78, 5) is 15.2. The van der Waals surface area contributed by atoms with Gasteiger partial charge in [0.05, 0.1) is 19.3 Å². The van der Waals surface area contributed by atoms with Crippen molar-refractivity contribution in [2.45, 2.75) is 51.9 Å². The van der Waals surface area contributed by atoms with Crippen molar-refractivity contribution in [2.75, 3.05) is 20.3 Å². The molecule has 6 nitrogen and oxygen atoms in total. The van der Waals surface area contributed by atoms with Crippen molar-refractivity contribution in [2.24, 2.45) is 0 Å². The molecule has 2 aromatic rings. The number of benzene rings is 1. The van der Waals surface area contributed by atoms with Crippen LogP contribution in [-0.2, 0) is 16.0 Å². The van der Waals surface area contributed by atoms with Crippen LogP contribution in [0.4, 0.5) is 0 Å². The summed E-state index contributed by atoms with van der Waals surface area (Å²) in [7, 11) is 1.61. The Balaban J connectivity index is 1.55. The Bertz CT molecular complexity index is 1070. The highest BCUT2D eigenvalue weighted by atomic mass is 16.5. The fraction of sp³-hybridized carbons (Fsp3) is 0.423. The summed E-state index contributed by atoms with van der Waals surface area (Å²) in [6.45, 7) is 8.94. The van der Waals surface area contributed by atoms with Crippen LogP contribution >= 0.6 is 0 Å². The lowest BCUT2D eigenvalue weighted by Crippen LogP contribution is -2.42. The van der Waals surface area contributed by atoms with Gasteiger partial charge >= 0.3 is 0 Å². The second-order valence-electron chi connectivity index (χ2n) is 9.51. The van der Waals surface area contributed by atoms with Gasteiger partial charge in [0, 0.05) is 43.0 Å². The van der Waals surface area contributed by atoms with Gasteiger partial charge < -0.3 is 24.0 Å². The van der Waals surface area contributed by atoms with E-state index in [1.165, 1.54) is 5.56 Å². The van der Waals surface area contributed by atoms with E-state index in [9.17, 15) is 9.90 Å². The van der Waals surface area contributed by atoms with E-state index in [-0.39, 0.29) is 12.5 Å². The number of aryl methyl sites for hydroxylation is 1.